The normalized spacial score (nSPS) is 21.8. The summed E-state index contributed by atoms with van der Waals surface area (Å²) in [6.07, 6.45) is 3.83. The summed E-state index contributed by atoms with van der Waals surface area (Å²) in [6.45, 7) is 2.51. The van der Waals surface area contributed by atoms with Crippen LogP contribution < -0.4 is 0 Å². The lowest BCUT2D eigenvalue weighted by Crippen LogP contribution is -2.37. The lowest BCUT2D eigenvalue weighted by atomic mass is 10.1. The van der Waals surface area contributed by atoms with E-state index < -0.39 is 0 Å². The van der Waals surface area contributed by atoms with Gasteiger partial charge in [-0.3, -0.25) is 4.79 Å². The molecule has 0 spiro atoms. The predicted octanol–water partition coefficient (Wildman–Crippen LogP) is 2.04. The molecule has 0 aliphatic carbocycles. The van der Waals surface area contributed by atoms with Gasteiger partial charge in [0.25, 0.3) is 5.91 Å². The minimum Gasteiger partial charge on any atom is -0.393 e. The van der Waals surface area contributed by atoms with E-state index in [1.165, 1.54) is 0 Å². The van der Waals surface area contributed by atoms with E-state index in [-0.39, 0.29) is 18.1 Å². The van der Waals surface area contributed by atoms with Crippen LogP contribution >= 0.6 is 11.6 Å². The molecule has 1 aliphatic heterocycles. The first kappa shape index (κ1) is 12.5. The van der Waals surface area contributed by atoms with Crippen LogP contribution in [-0.2, 0) is 0 Å². The Labute approximate surface area is 106 Å². The van der Waals surface area contributed by atoms with Gasteiger partial charge in [0.15, 0.2) is 0 Å². The molecule has 0 saturated carbocycles. The maximum absolute atomic E-state index is 12.2. The van der Waals surface area contributed by atoms with Crippen molar-refractivity contribution in [2.75, 3.05) is 6.54 Å². The quantitative estimate of drug-likeness (QED) is 0.870. The van der Waals surface area contributed by atoms with E-state index in [2.05, 4.69) is 4.98 Å². The fraction of sp³-hybridized carbons (Fsp3) is 0.583. The van der Waals surface area contributed by atoms with Crippen molar-refractivity contribution in [1.82, 2.24) is 9.88 Å². The van der Waals surface area contributed by atoms with Gasteiger partial charge >= 0.3 is 0 Å². The second-order valence-electron chi connectivity index (χ2n) is 4.61. The molecule has 2 atom stereocenters. The van der Waals surface area contributed by atoms with Gasteiger partial charge in [-0.25, -0.2) is 0 Å². The molecular formula is C12H17ClN2O2. The number of aliphatic hydroxyl groups is 1. The molecule has 0 radical (unpaired) electrons. The maximum atomic E-state index is 12.2. The second kappa shape index (κ2) is 5.10. The van der Waals surface area contributed by atoms with Crippen LogP contribution in [0.4, 0.5) is 0 Å². The Morgan fingerprint density at radius 1 is 1.76 bits per heavy atom. The Hall–Kier alpha value is -1.00. The van der Waals surface area contributed by atoms with Gasteiger partial charge in [0.05, 0.1) is 11.1 Å². The second-order valence-corrected chi connectivity index (χ2v) is 5.05. The van der Waals surface area contributed by atoms with Crippen LogP contribution in [0.2, 0.25) is 5.02 Å². The van der Waals surface area contributed by atoms with Crippen molar-refractivity contribution in [3.8, 4) is 0 Å². The number of aliphatic hydroxyl groups excluding tert-OH is 1. The SMILES string of the molecule is CC(O)CC1CCCN1C(=O)c1cc(Cl)c[nH]1. The number of aromatic nitrogens is 1. The van der Waals surface area contributed by atoms with Gasteiger partial charge in [0, 0.05) is 18.8 Å². The molecular weight excluding hydrogens is 240 g/mol. The summed E-state index contributed by atoms with van der Waals surface area (Å²) < 4.78 is 0. The molecule has 94 valence electrons. The van der Waals surface area contributed by atoms with Crippen molar-refractivity contribution in [3.05, 3.63) is 23.0 Å². The molecule has 17 heavy (non-hydrogen) atoms. The van der Waals surface area contributed by atoms with Crippen LogP contribution in [0.15, 0.2) is 12.3 Å². The van der Waals surface area contributed by atoms with Crippen molar-refractivity contribution in [2.45, 2.75) is 38.3 Å². The van der Waals surface area contributed by atoms with Crippen LogP contribution in [0.1, 0.15) is 36.7 Å². The molecule has 0 bridgehead atoms. The standard InChI is InChI=1S/C12H17ClN2O2/c1-8(16)5-10-3-2-4-15(10)12(17)11-6-9(13)7-14-11/h6-8,10,14,16H,2-5H2,1H3. The number of carbonyl (C=O) groups excluding carboxylic acids is 1. The Kier molecular flexibility index (Phi) is 3.74. The van der Waals surface area contributed by atoms with Crippen molar-refractivity contribution in [2.24, 2.45) is 0 Å². The predicted molar refractivity (Wildman–Crippen MR) is 66.2 cm³/mol. The van der Waals surface area contributed by atoms with Crippen LogP contribution in [0.3, 0.4) is 0 Å². The Morgan fingerprint density at radius 2 is 2.53 bits per heavy atom. The average molecular weight is 257 g/mol. The Balaban J connectivity index is 2.08. The minimum atomic E-state index is -0.374. The first-order chi connectivity index (χ1) is 8.08. The zero-order chi connectivity index (χ0) is 12.4. The maximum Gasteiger partial charge on any atom is 0.270 e. The van der Waals surface area contributed by atoms with Gasteiger partial charge in [-0.1, -0.05) is 11.6 Å². The number of nitrogens with one attached hydrogen (secondary N) is 1. The van der Waals surface area contributed by atoms with Crippen molar-refractivity contribution < 1.29 is 9.90 Å². The highest BCUT2D eigenvalue weighted by Crippen LogP contribution is 2.24. The third-order valence-corrected chi connectivity index (χ3v) is 3.35. The first-order valence-corrected chi connectivity index (χ1v) is 6.28. The molecule has 2 N–H and O–H groups in total. The zero-order valence-corrected chi connectivity index (χ0v) is 10.6. The van der Waals surface area contributed by atoms with Crippen molar-refractivity contribution >= 4 is 17.5 Å². The summed E-state index contributed by atoms with van der Waals surface area (Å²) in [6, 6.07) is 1.78. The van der Waals surface area contributed by atoms with Crippen molar-refractivity contribution in [1.29, 1.82) is 0 Å². The highest BCUT2D eigenvalue weighted by Gasteiger charge is 2.30. The van der Waals surface area contributed by atoms with Gasteiger partial charge in [0.1, 0.15) is 5.69 Å². The molecule has 1 aromatic rings. The molecule has 2 rings (SSSR count). The first-order valence-electron chi connectivity index (χ1n) is 5.91. The number of halogens is 1. The van der Waals surface area contributed by atoms with E-state index in [1.807, 2.05) is 4.90 Å². The minimum absolute atomic E-state index is 0.0277. The third-order valence-electron chi connectivity index (χ3n) is 3.13. The smallest absolute Gasteiger partial charge is 0.270 e. The molecule has 1 fully saturated rings. The molecule has 5 heteroatoms. The van der Waals surface area contributed by atoms with Gasteiger partial charge < -0.3 is 15.0 Å². The van der Waals surface area contributed by atoms with Crippen LogP contribution in [0.25, 0.3) is 0 Å². The number of aromatic amines is 1. The van der Waals surface area contributed by atoms with E-state index in [0.717, 1.165) is 19.4 Å². The third kappa shape index (κ3) is 2.82. The van der Waals surface area contributed by atoms with E-state index in [1.54, 1.807) is 19.2 Å². The summed E-state index contributed by atoms with van der Waals surface area (Å²) >= 11 is 5.79. The van der Waals surface area contributed by atoms with E-state index >= 15 is 0 Å². The Bertz CT molecular complexity index is 403. The fourth-order valence-electron chi connectivity index (χ4n) is 2.39. The lowest BCUT2D eigenvalue weighted by Gasteiger charge is -2.25. The van der Waals surface area contributed by atoms with Gasteiger partial charge in [-0.2, -0.15) is 0 Å². The molecule has 2 heterocycles. The molecule has 1 aromatic heterocycles. The number of hydrogen-bond acceptors (Lipinski definition) is 2. The number of H-pyrrole nitrogens is 1. The van der Waals surface area contributed by atoms with E-state index in [4.69, 9.17) is 11.6 Å². The molecule has 1 aliphatic rings. The largest absolute Gasteiger partial charge is 0.393 e. The highest BCUT2D eigenvalue weighted by atomic mass is 35.5. The van der Waals surface area contributed by atoms with Crippen LogP contribution in [0, 0.1) is 0 Å². The molecule has 2 unspecified atom stereocenters. The summed E-state index contributed by atoms with van der Waals surface area (Å²) in [5.74, 6) is -0.0277. The van der Waals surface area contributed by atoms with Gasteiger partial charge in [-0.05, 0) is 32.3 Å². The Morgan fingerprint density at radius 3 is 3.12 bits per heavy atom. The highest BCUT2D eigenvalue weighted by molar-refractivity contribution is 6.30. The molecule has 0 aromatic carbocycles. The number of hydrogen-bond donors (Lipinski definition) is 2. The van der Waals surface area contributed by atoms with Crippen LogP contribution in [-0.4, -0.2) is 39.6 Å². The van der Waals surface area contributed by atoms with Gasteiger partial charge in [-0.15, -0.1) is 0 Å². The number of rotatable bonds is 3. The fourth-order valence-corrected chi connectivity index (χ4v) is 2.55. The lowest BCUT2D eigenvalue weighted by molar-refractivity contribution is 0.0677. The average Bonchev–Trinajstić information content (AvgIpc) is 2.85. The number of nitrogens with zero attached hydrogens (tertiary/aromatic N) is 1. The number of likely N-dealkylation sites (tertiary alicyclic amines) is 1. The van der Waals surface area contributed by atoms with Crippen molar-refractivity contribution in [3.63, 3.8) is 0 Å². The van der Waals surface area contributed by atoms with E-state index in [9.17, 15) is 9.90 Å². The zero-order valence-electron chi connectivity index (χ0n) is 9.82. The van der Waals surface area contributed by atoms with Crippen LogP contribution in [0.5, 0.6) is 0 Å². The summed E-state index contributed by atoms with van der Waals surface area (Å²) in [4.78, 5) is 16.9. The monoisotopic (exact) mass is 256 g/mol. The number of carbonyl (C=O) groups is 1. The number of amides is 1. The topological polar surface area (TPSA) is 56.3 Å². The van der Waals surface area contributed by atoms with E-state index in [0.29, 0.717) is 17.1 Å². The van der Waals surface area contributed by atoms with Gasteiger partial charge in [0.2, 0.25) is 0 Å². The molecule has 1 saturated heterocycles. The molecule has 1 amide bonds. The summed E-state index contributed by atoms with van der Waals surface area (Å²) in [7, 11) is 0. The summed E-state index contributed by atoms with van der Waals surface area (Å²) in [5.41, 5.74) is 0.521. The summed E-state index contributed by atoms with van der Waals surface area (Å²) in [5, 5.41) is 9.96. The molecule has 4 nitrogen and oxygen atoms in total.